The third kappa shape index (κ3) is 2.57. The Labute approximate surface area is 125 Å². The zero-order valence-electron chi connectivity index (χ0n) is 11.2. The Hall–Kier alpha value is -2.71. The number of carbonyl (C=O) groups excluding carboxylic acids is 1. The number of benzene rings is 1. The van der Waals surface area contributed by atoms with Gasteiger partial charge in [-0.25, -0.2) is 13.6 Å². The molecule has 1 aromatic carbocycles. The lowest BCUT2D eigenvalue weighted by atomic mass is 10.2. The lowest BCUT2D eigenvalue weighted by molar-refractivity contribution is 0.102. The van der Waals surface area contributed by atoms with Gasteiger partial charge in [0.1, 0.15) is 0 Å². The maximum atomic E-state index is 12.3. The van der Waals surface area contributed by atoms with Crippen LogP contribution >= 0.6 is 0 Å². The van der Waals surface area contributed by atoms with E-state index in [4.69, 9.17) is 9.56 Å². The van der Waals surface area contributed by atoms with E-state index in [0.29, 0.717) is 11.2 Å². The summed E-state index contributed by atoms with van der Waals surface area (Å²) in [6.45, 7) is 0. The maximum absolute atomic E-state index is 12.3. The van der Waals surface area contributed by atoms with Crippen LogP contribution in [0.15, 0.2) is 58.4 Å². The van der Waals surface area contributed by atoms with Gasteiger partial charge >= 0.3 is 0 Å². The van der Waals surface area contributed by atoms with Gasteiger partial charge in [0.15, 0.2) is 0 Å². The third-order valence-corrected chi connectivity index (χ3v) is 3.85. The fourth-order valence-electron chi connectivity index (χ4n) is 2.08. The highest BCUT2D eigenvalue weighted by atomic mass is 32.2. The van der Waals surface area contributed by atoms with E-state index in [9.17, 15) is 13.2 Å². The highest BCUT2D eigenvalue weighted by molar-refractivity contribution is 7.89. The summed E-state index contributed by atoms with van der Waals surface area (Å²) in [5, 5.41) is 7.90. The predicted molar refractivity (Wildman–Crippen MR) is 79.8 cm³/mol. The molecule has 8 heteroatoms. The summed E-state index contributed by atoms with van der Waals surface area (Å²) in [5.74, 6) is -0.643. The molecule has 3 N–H and O–H groups in total. The number of furan rings is 1. The van der Waals surface area contributed by atoms with Crippen molar-refractivity contribution in [2.45, 2.75) is 5.09 Å². The van der Waals surface area contributed by atoms with Crippen molar-refractivity contribution in [3.63, 3.8) is 0 Å². The number of hydrogen-bond donors (Lipinski definition) is 2. The molecule has 3 rings (SSSR count). The van der Waals surface area contributed by atoms with E-state index in [1.165, 1.54) is 6.07 Å². The minimum absolute atomic E-state index is 0.157. The van der Waals surface area contributed by atoms with Crippen LogP contribution in [0.2, 0.25) is 0 Å². The van der Waals surface area contributed by atoms with Crippen LogP contribution in [0, 0.1) is 0 Å². The van der Waals surface area contributed by atoms with Crippen LogP contribution < -0.4 is 10.5 Å². The second-order valence-corrected chi connectivity index (χ2v) is 5.96. The molecule has 0 aliphatic heterocycles. The molecule has 3 aromatic rings. The predicted octanol–water partition coefficient (Wildman–Crippen LogP) is 1.73. The number of aromatic nitrogens is 1. The Morgan fingerprint density at radius 1 is 1.18 bits per heavy atom. The molecule has 1 amide bonds. The van der Waals surface area contributed by atoms with Crippen LogP contribution in [0.1, 0.15) is 10.4 Å². The van der Waals surface area contributed by atoms with E-state index in [-0.39, 0.29) is 5.56 Å². The molecule has 0 fully saturated rings. The minimum Gasteiger partial charge on any atom is -0.451 e. The average molecular weight is 317 g/mol. The summed E-state index contributed by atoms with van der Waals surface area (Å²) < 4.78 is 27.5. The number of nitrogens with one attached hydrogen (secondary N) is 1. The highest BCUT2D eigenvalue weighted by Gasteiger charge is 2.23. The van der Waals surface area contributed by atoms with E-state index in [0.717, 1.165) is 11.6 Å². The first-order valence-electron chi connectivity index (χ1n) is 6.22. The molecule has 0 spiro atoms. The van der Waals surface area contributed by atoms with Crippen LogP contribution in [0.4, 0.5) is 5.69 Å². The van der Waals surface area contributed by atoms with Gasteiger partial charge in [-0.05, 0) is 18.2 Å². The quantitative estimate of drug-likeness (QED) is 0.763. The van der Waals surface area contributed by atoms with Gasteiger partial charge in [-0.15, -0.1) is 0 Å². The van der Waals surface area contributed by atoms with E-state index in [2.05, 4.69) is 10.3 Å². The highest BCUT2D eigenvalue weighted by Crippen LogP contribution is 2.23. The number of amides is 1. The standard InChI is InChI=1S/C14H11N3O4S/c15-22(19,20)14-10(6-8-21-14)13(18)17-11-5-1-3-9-4-2-7-16-12(9)11/h1-8H,(H,17,18)(H2,15,19,20). The fourth-order valence-corrected chi connectivity index (χ4v) is 2.74. The van der Waals surface area contributed by atoms with Gasteiger partial charge in [-0.3, -0.25) is 9.78 Å². The lowest BCUT2D eigenvalue weighted by Crippen LogP contribution is -2.19. The minimum atomic E-state index is -4.11. The Balaban J connectivity index is 2.00. The molecule has 7 nitrogen and oxygen atoms in total. The second-order valence-electron chi connectivity index (χ2n) is 4.50. The largest absolute Gasteiger partial charge is 0.451 e. The van der Waals surface area contributed by atoms with Crippen LogP contribution in [-0.4, -0.2) is 19.3 Å². The average Bonchev–Trinajstić information content (AvgIpc) is 2.97. The summed E-state index contributed by atoms with van der Waals surface area (Å²) in [7, 11) is -4.11. The smallest absolute Gasteiger partial charge is 0.272 e. The monoisotopic (exact) mass is 317 g/mol. The molecule has 22 heavy (non-hydrogen) atoms. The maximum Gasteiger partial charge on any atom is 0.272 e. The van der Waals surface area contributed by atoms with E-state index < -0.39 is 21.0 Å². The first-order valence-corrected chi connectivity index (χ1v) is 7.77. The molecule has 2 heterocycles. The van der Waals surface area contributed by atoms with Crippen molar-refractivity contribution in [2.75, 3.05) is 5.32 Å². The second kappa shape index (κ2) is 5.24. The first kappa shape index (κ1) is 14.2. The molecule has 112 valence electrons. The van der Waals surface area contributed by atoms with E-state index in [1.54, 1.807) is 24.4 Å². The Morgan fingerprint density at radius 2 is 1.95 bits per heavy atom. The van der Waals surface area contributed by atoms with E-state index in [1.807, 2.05) is 12.1 Å². The molecular formula is C14H11N3O4S. The summed E-state index contributed by atoms with van der Waals surface area (Å²) in [4.78, 5) is 16.5. The summed E-state index contributed by atoms with van der Waals surface area (Å²) >= 11 is 0. The Bertz CT molecular complexity index is 958. The van der Waals surface area contributed by atoms with Gasteiger partial charge in [-0.1, -0.05) is 18.2 Å². The van der Waals surface area contributed by atoms with Crippen molar-refractivity contribution in [3.05, 3.63) is 54.4 Å². The summed E-state index contributed by atoms with van der Waals surface area (Å²) in [6, 6.07) is 10.2. The molecule has 0 saturated heterocycles. The molecule has 0 atom stereocenters. The molecule has 0 bridgehead atoms. The fraction of sp³-hybridized carbons (Fsp3) is 0. The number of nitrogens with zero attached hydrogens (tertiary/aromatic N) is 1. The molecule has 0 unspecified atom stereocenters. The number of primary sulfonamides is 1. The number of nitrogens with two attached hydrogens (primary N) is 1. The van der Waals surface area contributed by atoms with Crippen molar-refractivity contribution < 1.29 is 17.6 Å². The number of para-hydroxylation sites is 1. The topological polar surface area (TPSA) is 115 Å². The van der Waals surface area contributed by atoms with Crippen molar-refractivity contribution >= 4 is 32.5 Å². The van der Waals surface area contributed by atoms with Crippen LogP contribution in [-0.2, 0) is 10.0 Å². The lowest BCUT2D eigenvalue weighted by Gasteiger charge is -2.07. The molecular weight excluding hydrogens is 306 g/mol. The Kier molecular flexibility index (Phi) is 3.39. The number of hydrogen-bond acceptors (Lipinski definition) is 5. The van der Waals surface area contributed by atoms with Gasteiger partial charge in [-0.2, -0.15) is 0 Å². The van der Waals surface area contributed by atoms with Crippen LogP contribution in [0.25, 0.3) is 10.9 Å². The van der Waals surface area contributed by atoms with E-state index >= 15 is 0 Å². The van der Waals surface area contributed by atoms with Gasteiger partial charge < -0.3 is 9.73 Å². The van der Waals surface area contributed by atoms with Crippen molar-refractivity contribution in [2.24, 2.45) is 5.14 Å². The first-order chi connectivity index (χ1) is 10.5. The van der Waals surface area contributed by atoms with Gasteiger partial charge in [0.25, 0.3) is 15.9 Å². The van der Waals surface area contributed by atoms with Crippen LogP contribution in [0.3, 0.4) is 0 Å². The molecule has 0 aliphatic carbocycles. The summed E-state index contributed by atoms with van der Waals surface area (Å²) in [5.41, 5.74) is 0.902. The zero-order valence-corrected chi connectivity index (χ0v) is 12.0. The van der Waals surface area contributed by atoms with Crippen molar-refractivity contribution in [3.8, 4) is 0 Å². The van der Waals surface area contributed by atoms with Crippen molar-refractivity contribution in [1.82, 2.24) is 4.98 Å². The van der Waals surface area contributed by atoms with Gasteiger partial charge in [0, 0.05) is 11.6 Å². The number of carbonyl (C=O) groups is 1. The number of pyridine rings is 1. The summed E-state index contributed by atoms with van der Waals surface area (Å²) in [6.07, 6.45) is 2.70. The zero-order chi connectivity index (χ0) is 15.7. The van der Waals surface area contributed by atoms with Gasteiger partial charge in [0.2, 0.25) is 5.09 Å². The molecule has 0 radical (unpaired) electrons. The normalized spacial score (nSPS) is 11.5. The SMILES string of the molecule is NS(=O)(=O)c1occc1C(=O)Nc1cccc2cccnc12. The number of sulfonamides is 1. The van der Waals surface area contributed by atoms with Gasteiger partial charge in [0.05, 0.1) is 23.0 Å². The number of fused-ring (bicyclic) bond motifs is 1. The molecule has 2 aromatic heterocycles. The number of anilines is 1. The van der Waals surface area contributed by atoms with Crippen LogP contribution in [0.5, 0.6) is 0 Å². The third-order valence-electron chi connectivity index (χ3n) is 3.01. The Morgan fingerprint density at radius 3 is 2.73 bits per heavy atom. The number of rotatable bonds is 3. The molecule has 0 aliphatic rings. The molecule has 0 saturated carbocycles. The van der Waals surface area contributed by atoms with Crippen molar-refractivity contribution in [1.29, 1.82) is 0 Å².